The maximum Gasteiger partial charge on any atom is 0.247 e. The van der Waals surface area contributed by atoms with Crippen LogP contribution in [0.15, 0.2) is 54.6 Å². The van der Waals surface area contributed by atoms with E-state index in [2.05, 4.69) is 28.1 Å². The molecule has 2 aromatic rings. The van der Waals surface area contributed by atoms with Gasteiger partial charge in [-0.1, -0.05) is 61.5 Å². The number of hydrogen-bond acceptors (Lipinski definition) is 5. The van der Waals surface area contributed by atoms with Crippen molar-refractivity contribution in [2.24, 2.45) is 5.92 Å². The third-order valence-electron chi connectivity index (χ3n) is 9.00. The van der Waals surface area contributed by atoms with Crippen LogP contribution in [0.3, 0.4) is 0 Å². The molecule has 10 heteroatoms. The van der Waals surface area contributed by atoms with Crippen molar-refractivity contribution >= 4 is 36.0 Å². The lowest BCUT2D eigenvalue weighted by atomic mass is 9.87. The molecule has 2 fully saturated rings. The Balaban J connectivity index is 0.00000423. The molecule has 4 amide bonds. The van der Waals surface area contributed by atoms with Gasteiger partial charge in [0.25, 0.3) is 0 Å². The van der Waals surface area contributed by atoms with E-state index in [1.54, 1.807) is 23.8 Å². The Kier molecular flexibility index (Phi) is 11.2. The summed E-state index contributed by atoms with van der Waals surface area (Å²) in [4.78, 5) is 57.9. The quantitative estimate of drug-likeness (QED) is 0.426. The highest BCUT2D eigenvalue weighted by atomic mass is 35.5. The number of rotatable bonds is 8. The average molecular weight is 610 g/mol. The molecule has 5 rings (SSSR count). The van der Waals surface area contributed by atoms with Crippen LogP contribution in [0.25, 0.3) is 0 Å². The largest absolute Gasteiger partial charge is 0.347 e. The van der Waals surface area contributed by atoms with Gasteiger partial charge in [0.15, 0.2) is 0 Å². The number of benzene rings is 2. The minimum atomic E-state index is -0.928. The molecular formula is C33H44ClN5O4. The summed E-state index contributed by atoms with van der Waals surface area (Å²) in [5, 5.41) is 9.20. The number of nitrogens with one attached hydrogen (secondary N) is 3. The van der Waals surface area contributed by atoms with Crippen molar-refractivity contribution in [2.75, 3.05) is 26.7 Å². The lowest BCUT2D eigenvalue weighted by Gasteiger charge is -2.39. The van der Waals surface area contributed by atoms with Gasteiger partial charge in [-0.2, -0.15) is 0 Å². The molecule has 0 saturated carbocycles. The van der Waals surface area contributed by atoms with Crippen LogP contribution in [0.4, 0.5) is 0 Å². The first-order valence-corrected chi connectivity index (χ1v) is 15.3. The van der Waals surface area contributed by atoms with Crippen LogP contribution in [0.2, 0.25) is 0 Å². The van der Waals surface area contributed by atoms with E-state index in [4.69, 9.17) is 0 Å². The number of amides is 4. The first-order chi connectivity index (χ1) is 20.4. The van der Waals surface area contributed by atoms with Gasteiger partial charge in [0.05, 0.1) is 12.5 Å². The summed E-state index contributed by atoms with van der Waals surface area (Å²) in [5.74, 6) is -1.12. The van der Waals surface area contributed by atoms with E-state index < -0.39 is 12.1 Å². The molecule has 43 heavy (non-hydrogen) atoms. The van der Waals surface area contributed by atoms with Crippen molar-refractivity contribution in [3.63, 3.8) is 0 Å². The summed E-state index contributed by atoms with van der Waals surface area (Å²) in [7, 11) is 1.78. The molecule has 2 aliphatic heterocycles. The van der Waals surface area contributed by atoms with Crippen molar-refractivity contribution in [3.8, 4) is 0 Å². The summed E-state index contributed by atoms with van der Waals surface area (Å²) in [6.45, 7) is 2.80. The highest BCUT2D eigenvalue weighted by Gasteiger charge is 2.46. The van der Waals surface area contributed by atoms with Crippen LogP contribution in [-0.4, -0.2) is 78.2 Å². The number of nitrogens with zero attached hydrogens (tertiary/aromatic N) is 2. The minimum absolute atomic E-state index is 0. The number of halogens is 1. The Morgan fingerprint density at radius 1 is 0.930 bits per heavy atom. The van der Waals surface area contributed by atoms with Crippen LogP contribution in [0, 0.1) is 5.92 Å². The Bertz CT molecular complexity index is 1290. The van der Waals surface area contributed by atoms with E-state index in [-0.39, 0.29) is 67.0 Å². The first kappa shape index (κ1) is 32.5. The van der Waals surface area contributed by atoms with Gasteiger partial charge in [0, 0.05) is 31.6 Å². The molecule has 1 aliphatic carbocycles. The first-order valence-electron chi connectivity index (χ1n) is 15.3. The summed E-state index contributed by atoms with van der Waals surface area (Å²) in [6, 6.07) is 16.0. The number of hydrogen-bond donors (Lipinski definition) is 3. The highest BCUT2D eigenvalue weighted by molar-refractivity contribution is 5.94. The van der Waals surface area contributed by atoms with Gasteiger partial charge in [-0.15, -0.1) is 12.4 Å². The van der Waals surface area contributed by atoms with Gasteiger partial charge in [-0.3, -0.25) is 19.2 Å². The molecular weight excluding hydrogens is 566 g/mol. The number of fused-ring (bicyclic) bond motifs is 2. The van der Waals surface area contributed by atoms with Crippen molar-refractivity contribution in [1.82, 2.24) is 25.8 Å². The van der Waals surface area contributed by atoms with Crippen molar-refractivity contribution < 1.29 is 19.2 Å². The molecule has 9 nitrogen and oxygen atoms in total. The van der Waals surface area contributed by atoms with Crippen molar-refractivity contribution in [1.29, 1.82) is 0 Å². The molecule has 5 atom stereocenters. The number of aryl methyl sites for hydroxylation is 1. The van der Waals surface area contributed by atoms with Gasteiger partial charge in [-0.25, -0.2) is 0 Å². The fraction of sp³-hybridized carbons (Fsp3) is 0.515. The second-order valence-corrected chi connectivity index (χ2v) is 12.0. The van der Waals surface area contributed by atoms with Crippen LogP contribution in [0.5, 0.6) is 0 Å². The van der Waals surface area contributed by atoms with Gasteiger partial charge < -0.3 is 25.8 Å². The van der Waals surface area contributed by atoms with E-state index in [0.29, 0.717) is 32.4 Å². The molecule has 2 aromatic carbocycles. The number of carbonyl (C=O) groups is 4. The van der Waals surface area contributed by atoms with Gasteiger partial charge in [0.2, 0.25) is 23.6 Å². The SMILES string of the molecule is CNC[C@@H](C)C(=O)N[C@H]1CN(C(=O)Cc2ccccc2)CC[C@H]2CC[C@@H](C(=O)N[C@@H]3CCCc4ccccc43)N2C1=O.Cl. The molecule has 0 bridgehead atoms. The third-order valence-corrected chi connectivity index (χ3v) is 9.00. The smallest absolute Gasteiger partial charge is 0.247 e. The normalized spacial score (nSPS) is 24.0. The molecule has 3 N–H and O–H groups in total. The van der Waals surface area contributed by atoms with Crippen molar-refractivity contribution in [3.05, 3.63) is 71.3 Å². The van der Waals surface area contributed by atoms with E-state index in [1.165, 1.54) is 5.56 Å². The summed E-state index contributed by atoms with van der Waals surface area (Å²) < 4.78 is 0. The zero-order valence-corrected chi connectivity index (χ0v) is 25.9. The van der Waals surface area contributed by atoms with Gasteiger partial charge >= 0.3 is 0 Å². The maximum absolute atomic E-state index is 14.2. The minimum Gasteiger partial charge on any atom is -0.347 e. The Labute approximate surface area is 260 Å². The lowest BCUT2D eigenvalue weighted by molar-refractivity contribution is -0.147. The second kappa shape index (κ2) is 14.8. The molecule has 0 aromatic heterocycles. The molecule has 2 saturated heterocycles. The molecule has 232 valence electrons. The van der Waals surface area contributed by atoms with Crippen LogP contribution < -0.4 is 16.0 Å². The summed E-state index contributed by atoms with van der Waals surface area (Å²) in [6.07, 6.45) is 4.95. The number of carbonyl (C=O) groups excluding carboxylic acids is 4. The zero-order chi connectivity index (χ0) is 29.6. The third kappa shape index (κ3) is 7.57. The molecule has 2 heterocycles. The zero-order valence-electron chi connectivity index (χ0n) is 25.1. The Morgan fingerprint density at radius 2 is 1.67 bits per heavy atom. The molecule has 0 spiro atoms. The molecule has 0 radical (unpaired) electrons. The lowest BCUT2D eigenvalue weighted by Crippen LogP contribution is -2.62. The monoisotopic (exact) mass is 609 g/mol. The van der Waals surface area contributed by atoms with E-state index in [9.17, 15) is 19.2 Å². The van der Waals surface area contributed by atoms with E-state index in [1.807, 2.05) is 42.5 Å². The van der Waals surface area contributed by atoms with Crippen LogP contribution in [0.1, 0.15) is 61.8 Å². The Morgan fingerprint density at radius 3 is 2.44 bits per heavy atom. The standard InChI is InChI=1S/C33H43N5O4.ClH/c1-22(20-34-2)31(40)36-28-21-37(30(39)19-23-9-4-3-5-10-23)18-17-25-15-16-29(38(25)33(28)42)32(41)35-27-14-8-12-24-11-6-7-13-26(24)27;/h3-7,9-11,13,22,25,27-29,34H,8,12,14-21H2,1-2H3,(H,35,41)(H,36,40);1H/t22-,25-,27-,28+,29+;/m1./s1. The fourth-order valence-corrected chi connectivity index (χ4v) is 6.73. The Hall–Kier alpha value is -3.43. The van der Waals surface area contributed by atoms with E-state index >= 15 is 0 Å². The van der Waals surface area contributed by atoms with Crippen LogP contribution in [-0.2, 0) is 32.0 Å². The summed E-state index contributed by atoms with van der Waals surface area (Å²) in [5.41, 5.74) is 3.32. The molecule has 3 aliphatic rings. The van der Waals surface area contributed by atoms with Crippen molar-refractivity contribution in [2.45, 2.75) is 76.0 Å². The van der Waals surface area contributed by atoms with Gasteiger partial charge in [-0.05, 0) is 62.3 Å². The van der Waals surface area contributed by atoms with Gasteiger partial charge in [0.1, 0.15) is 12.1 Å². The summed E-state index contributed by atoms with van der Waals surface area (Å²) >= 11 is 0. The predicted molar refractivity (Wildman–Crippen MR) is 168 cm³/mol. The second-order valence-electron chi connectivity index (χ2n) is 12.0. The highest BCUT2D eigenvalue weighted by Crippen LogP contribution is 2.33. The average Bonchev–Trinajstić information content (AvgIpc) is 3.42. The van der Waals surface area contributed by atoms with Crippen LogP contribution >= 0.6 is 12.4 Å². The predicted octanol–water partition coefficient (Wildman–Crippen LogP) is 2.78. The van der Waals surface area contributed by atoms with E-state index in [0.717, 1.165) is 30.4 Å². The molecule has 0 unspecified atom stereocenters. The fourth-order valence-electron chi connectivity index (χ4n) is 6.73. The maximum atomic E-state index is 14.2. The topological polar surface area (TPSA) is 111 Å².